The van der Waals surface area contributed by atoms with Crippen molar-refractivity contribution in [2.45, 2.75) is 43.6 Å². The van der Waals surface area contributed by atoms with Gasteiger partial charge in [-0.1, -0.05) is 12.8 Å². The van der Waals surface area contributed by atoms with Crippen LogP contribution in [0, 0.1) is 29.1 Å². The van der Waals surface area contributed by atoms with E-state index in [4.69, 9.17) is 11.6 Å². The quantitative estimate of drug-likeness (QED) is 0.612. The lowest BCUT2D eigenvalue weighted by molar-refractivity contribution is -0.155. The Morgan fingerprint density at radius 3 is 2.79 bits per heavy atom. The van der Waals surface area contributed by atoms with Gasteiger partial charge in [-0.3, -0.25) is 0 Å². The Labute approximate surface area is 89.8 Å². The summed E-state index contributed by atoms with van der Waals surface area (Å²) in [7, 11) is 0. The maximum absolute atomic E-state index is 10.1. The molecule has 0 aliphatic heterocycles. The van der Waals surface area contributed by atoms with E-state index in [2.05, 4.69) is 0 Å². The van der Waals surface area contributed by atoms with E-state index in [-0.39, 0.29) is 6.10 Å². The second-order valence-corrected chi connectivity index (χ2v) is 6.42. The van der Waals surface area contributed by atoms with E-state index in [0.29, 0.717) is 22.6 Å². The number of aliphatic hydroxyl groups excluding tert-OH is 1. The average Bonchev–Trinajstić information content (AvgIpc) is 2.54. The third kappa shape index (κ3) is 0.614. The zero-order valence-electron chi connectivity index (χ0n) is 8.32. The van der Waals surface area contributed by atoms with Crippen LogP contribution in [-0.4, -0.2) is 16.6 Å². The Morgan fingerprint density at radius 2 is 2.07 bits per heavy atom. The fraction of sp³-hybridized carbons (Fsp3) is 1.00. The van der Waals surface area contributed by atoms with Gasteiger partial charge in [0.25, 0.3) is 0 Å². The highest BCUT2D eigenvalue weighted by molar-refractivity contribution is 6.22. The molecule has 1 spiro atoms. The summed E-state index contributed by atoms with van der Waals surface area (Å²) in [4.78, 5) is 0. The predicted octanol–water partition coefficient (Wildman–Crippen LogP) is 2.41. The van der Waals surface area contributed by atoms with Crippen LogP contribution in [0.4, 0.5) is 0 Å². The summed E-state index contributed by atoms with van der Waals surface area (Å²) in [5, 5.41) is 10.5. The molecular weight excluding hydrogens is 196 g/mol. The summed E-state index contributed by atoms with van der Waals surface area (Å²) in [5.74, 6) is 2.78. The molecule has 2 heteroatoms. The topological polar surface area (TPSA) is 20.2 Å². The van der Waals surface area contributed by atoms with Crippen molar-refractivity contribution in [3.8, 4) is 0 Å². The van der Waals surface area contributed by atoms with E-state index in [0.717, 1.165) is 11.8 Å². The molecule has 4 saturated carbocycles. The first-order valence-corrected chi connectivity index (χ1v) is 6.52. The van der Waals surface area contributed by atoms with Crippen LogP contribution in [0.2, 0.25) is 0 Å². The Bertz CT molecular complexity index is 288. The lowest BCUT2D eigenvalue weighted by Crippen LogP contribution is -2.62. The summed E-state index contributed by atoms with van der Waals surface area (Å²) in [5.41, 5.74) is 0.396. The predicted molar refractivity (Wildman–Crippen MR) is 55.1 cm³/mol. The molecule has 14 heavy (non-hydrogen) atoms. The lowest BCUT2D eigenvalue weighted by Gasteiger charge is -2.64. The molecule has 4 fully saturated rings. The van der Waals surface area contributed by atoms with Gasteiger partial charge in [-0.25, -0.2) is 0 Å². The minimum atomic E-state index is -0.0446. The van der Waals surface area contributed by atoms with Crippen LogP contribution >= 0.6 is 11.6 Å². The van der Waals surface area contributed by atoms with Gasteiger partial charge in [-0.05, 0) is 42.4 Å². The molecule has 0 unspecified atom stereocenters. The Balaban J connectivity index is 1.81. The summed E-state index contributed by atoms with van der Waals surface area (Å²) in [6, 6.07) is 0. The molecule has 4 aliphatic carbocycles. The molecule has 4 aliphatic rings. The number of halogens is 1. The highest BCUT2D eigenvalue weighted by atomic mass is 35.5. The van der Waals surface area contributed by atoms with Gasteiger partial charge in [0.1, 0.15) is 0 Å². The van der Waals surface area contributed by atoms with Gasteiger partial charge < -0.3 is 5.11 Å². The first-order chi connectivity index (χ1) is 6.77. The van der Waals surface area contributed by atoms with Crippen molar-refractivity contribution in [3.63, 3.8) is 0 Å². The van der Waals surface area contributed by atoms with Gasteiger partial charge in [0.2, 0.25) is 0 Å². The summed E-state index contributed by atoms with van der Waals surface area (Å²) in [6.45, 7) is 0. The van der Waals surface area contributed by atoms with Crippen LogP contribution in [0.25, 0.3) is 0 Å². The van der Waals surface area contributed by atoms with Crippen molar-refractivity contribution in [2.75, 3.05) is 0 Å². The van der Waals surface area contributed by atoms with Crippen LogP contribution < -0.4 is 0 Å². The maximum Gasteiger partial charge on any atom is 0.0619 e. The van der Waals surface area contributed by atoms with Crippen LogP contribution in [0.3, 0.4) is 0 Å². The minimum absolute atomic E-state index is 0.0446. The zero-order chi connectivity index (χ0) is 9.50. The largest absolute Gasteiger partial charge is 0.392 e. The SMILES string of the molecule is O[C@H]1[C@@H]2C[C@@H]3[C@H]1[C@]1(CCCC[C@@H]31)[C@@H]2Cl. The van der Waals surface area contributed by atoms with Crippen LogP contribution in [0.1, 0.15) is 32.1 Å². The molecule has 78 valence electrons. The zero-order valence-corrected chi connectivity index (χ0v) is 9.08. The molecule has 0 amide bonds. The molecule has 0 heterocycles. The normalized spacial score (nSPS) is 69.0. The number of hydrogen-bond acceptors (Lipinski definition) is 1. The maximum atomic E-state index is 10.1. The summed E-state index contributed by atoms with van der Waals surface area (Å²) < 4.78 is 0. The van der Waals surface area contributed by atoms with Crippen molar-refractivity contribution >= 4 is 11.6 Å². The van der Waals surface area contributed by atoms with Gasteiger partial charge >= 0.3 is 0 Å². The second kappa shape index (κ2) is 2.32. The molecular formula is C12H17ClO. The lowest BCUT2D eigenvalue weighted by atomic mass is 9.41. The molecule has 0 radical (unpaired) electrons. The second-order valence-electron chi connectivity index (χ2n) is 5.95. The van der Waals surface area contributed by atoms with Gasteiger partial charge in [-0.2, -0.15) is 0 Å². The van der Waals surface area contributed by atoms with Crippen LogP contribution in [-0.2, 0) is 0 Å². The number of fused-ring (bicyclic) bond motifs is 2. The third-order valence-corrected chi connectivity index (χ3v) is 6.63. The number of hydrogen-bond donors (Lipinski definition) is 1. The average molecular weight is 213 g/mol. The van der Waals surface area contributed by atoms with Crippen molar-refractivity contribution in [1.29, 1.82) is 0 Å². The molecule has 4 rings (SSSR count). The van der Waals surface area contributed by atoms with E-state index in [1.165, 1.54) is 32.1 Å². The third-order valence-electron chi connectivity index (χ3n) is 5.90. The Hall–Kier alpha value is 0.250. The highest BCUT2D eigenvalue weighted by Gasteiger charge is 2.77. The molecule has 2 bridgehead atoms. The van der Waals surface area contributed by atoms with Crippen molar-refractivity contribution in [1.82, 2.24) is 0 Å². The molecule has 1 N–H and O–H groups in total. The summed E-state index contributed by atoms with van der Waals surface area (Å²) in [6.07, 6.45) is 6.64. The van der Waals surface area contributed by atoms with Crippen molar-refractivity contribution in [2.24, 2.45) is 29.1 Å². The van der Waals surface area contributed by atoms with Gasteiger partial charge in [-0.15, -0.1) is 11.6 Å². The number of rotatable bonds is 0. The van der Waals surface area contributed by atoms with Crippen LogP contribution in [0.5, 0.6) is 0 Å². The van der Waals surface area contributed by atoms with E-state index < -0.39 is 0 Å². The first-order valence-electron chi connectivity index (χ1n) is 6.09. The molecule has 0 aromatic rings. The molecule has 0 aromatic heterocycles. The molecule has 0 aromatic carbocycles. The van der Waals surface area contributed by atoms with Crippen LogP contribution in [0.15, 0.2) is 0 Å². The highest BCUT2D eigenvalue weighted by Crippen LogP contribution is 2.78. The van der Waals surface area contributed by atoms with E-state index >= 15 is 0 Å². The molecule has 0 saturated heterocycles. The van der Waals surface area contributed by atoms with Gasteiger partial charge in [0.05, 0.1) is 6.10 Å². The summed E-state index contributed by atoms with van der Waals surface area (Å²) >= 11 is 6.60. The Kier molecular flexibility index (Phi) is 1.40. The fourth-order valence-electron chi connectivity index (χ4n) is 5.63. The minimum Gasteiger partial charge on any atom is -0.392 e. The molecule has 7 atom stereocenters. The molecule has 1 nitrogen and oxygen atoms in total. The Morgan fingerprint density at radius 1 is 1.21 bits per heavy atom. The van der Waals surface area contributed by atoms with E-state index in [9.17, 15) is 5.11 Å². The number of alkyl halides is 1. The first kappa shape index (κ1) is 8.41. The fourth-order valence-corrected chi connectivity index (χ4v) is 6.29. The monoisotopic (exact) mass is 212 g/mol. The van der Waals surface area contributed by atoms with E-state index in [1.807, 2.05) is 0 Å². The van der Waals surface area contributed by atoms with Crippen molar-refractivity contribution < 1.29 is 5.11 Å². The number of aliphatic hydroxyl groups is 1. The smallest absolute Gasteiger partial charge is 0.0619 e. The van der Waals surface area contributed by atoms with Gasteiger partial charge in [0, 0.05) is 11.3 Å². The van der Waals surface area contributed by atoms with E-state index in [1.54, 1.807) is 0 Å². The standard InChI is InChI=1S/C12H17ClO/c13-11-7-5-6-8-3-1-2-4-12(8,11)9(6)10(7)14/h6-11,14H,1-5H2/t6-,7-,8-,9+,10-,11+,12+/m0/s1. The van der Waals surface area contributed by atoms with Crippen molar-refractivity contribution in [3.05, 3.63) is 0 Å². The van der Waals surface area contributed by atoms with Gasteiger partial charge in [0.15, 0.2) is 0 Å².